The molecule has 114 valence electrons. The lowest BCUT2D eigenvalue weighted by Crippen LogP contribution is -2.53. The van der Waals surface area contributed by atoms with Crippen LogP contribution in [-0.4, -0.2) is 46.5 Å². The fourth-order valence-electron chi connectivity index (χ4n) is 2.53. The fourth-order valence-corrected chi connectivity index (χ4v) is 2.53. The summed E-state index contributed by atoms with van der Waals surface area (Å²) in [6.07, 6.45) is 4.42. The van der Waals surface area contributed by atoms with E-state index < -0.39 is 30.4 Å². The molecule has 0 saturated carbocycles. The van der Waals surface area contributed by atoms with E-state index in [9.17, 15) is 14.4 Å². The molecule has 20 heavy (non-hydrogen) atoms. The number of carbonyl (C=O) groups is 3. The lowest BCUT2D eigenvalue weighted by Gasteiger charge is -2.36. The average Bonchev–Trinajstić information content (AvgIpc) is 2.38. The van der Waals surface area contributed by atoms with Crippen molar-refractivity contribution in [2.75, 3.05) is 6.54 Å². The Morgan fingerprint density at radius 2 is 2.10 bits per heavy atom. The minimum atomic E-state index is -1.26. The Balaban J connectivity index is 2.65. The molecule has 0 aromatic heterocycles. The van der Waals surface area contributed by atoms with E-state index in [1.807, 2.05) is 0 Å². The summed E-state index contributed by atoms with van der Waals surface area (Å²) in [5.74, 6) is -2.00. The molecule has 3 amide bonds. The summed E-state index contributed by atoms with van der Waals surface area (Å²) in [4.78, 5) is 35.7. The van der Waals surface area contributed by atoms with Crippen LogP contribution >= 0.6 is 0 Å². The first-order valence-corrected chi connectivity index (χ1v) is 7.04. The highest BCUT2D eigenvalue weighted by molar-refractivity contribution is 5.87. The van der Waals surface area contributed by atoms with Gasteiger partial charge < -0.3 is 21.1 Å². The highest BCUT2D eigenvalue weighted by atomic mass is 16.4. The molecule has 7 nitrogen and oxygen atoms in total. The van der Waals surface area contributed by atoms with Crippen LogP contribution < -0.4 is 11.1 Å². The predicted octanol–water partition coefficient (Wildman–Crippen LogP) is 0.679. The molecule has 1 aliphatic heterocycles. The number of rotatable bonds is 6. The van der Waals surface area contributed by atoms with Gasteiger partial charge in [0.15, 0.2) is 0 Å². The second-order valence-electron chi connectivity index (χ2n) is 5.14. The lowest BCUT2D eigenvalue weighted by atomic mass is 9.98. The molecule has 1 saturated heterocycles. The molecule has 2 atom stereocenters. The molecule has 1 rings (SSSR count). The van der Waals surface area contributed by atoms with Crippen molar-refractivity contribution in [1.82, 2.24) is 10.2 Å². The van der Waals surface area contributed by atoms with Crippen molar-refractivity contribution in [3.8, 4) is 0 Å². The number of nitrogens with zero attached hydrogens (tertiary/aromatic N) is 1. The Morgan fingerprint density at radius 1 is 1.40 bits per heavy atom. The number of carboxylic acid groups (broad SMARTS) is 1. The Bertz CT molecular complexity index is 371. The van der Waals surface area contributed by atoms with E-state index >= 15 is 0 Å². The molecule has 0 radical (unpaired) electrons. The van der Waals surface area contributed by atoms with Crippen LogP contribution in [0.15, 0.2) is 0 Å². The maximum Gasteiger partial charge on any atom is 0.326 e. The summed E-state index contributed by atoms with van der Waals surface area (Å²) >= 11 is 0. The molecule has 1 aliphatic rings. The minimum Gasteiger partial charge on any atom is -0.480 e. The van der Waals surface area contributed by atoms with Gasteiger partial charge in [-0.3, -0.25) is 4.79 Å². The number of nitrogens with one attached hydrogen (secondary N) is 1. The van der Waals surface area contributed by atoms with Crippen molar-refractivity contribution in [2.24, 2.45) is 5.73 Å². The smallest absolute Gasteiger partial charge is 0.326 e. The van der Waals surface area contributed by atoms with Crippen LogP contribution in [0.2, 0.25) is 0 Å². The summed E-state index contributed by atoms with van der Waals surface area (Å²) in [7, 11) is 0. The Labute approximate surface area is 118 Å². The van der Waals surface area contributed by atoms with E-state index in [0.717, 1.165) is 32.1 Å². The van der Waals surface area contributed by atoms with Crippen molar-refractivity contribution >= 4 is 17.9 Å². The standard InChI is InChI=1S/C13H23N3O4/c1-2-5-9-6-3-4-7-16(9)13(20)15-10(12(18)19)8-11(14)17/h9-10H,2-8H2,1H3,(H2,14,17)(H,15,20)(H,18,19)/t9?,10-/m1/s1. The van der Waals surface area contributed by atoms with Gasteiger partial charge in [0, 0.05) is 12.6 Å². The van der Waals surface area contributed by atoms with Gasteiger partial charge in [-0.05, 0) is 25.7 Å². The minimum absolute atomic E-state index is 0.150. The molecule has 1 unspecified atom stereocenters. The number of primary amides is 1. The molecule has 0 aromatic carbocycles. The number of hydrogen-bond donors (Lipinski definition) is 3. The third kappa shape index (κ3) is 4.71. The monoisotopic (exact) mass is 285 g/mol. The average molecular weight is 285 g/mol. The first-order chi connectivity index (χ1) is 9.45. The van der Waals surface area contributed by atoms with E-state index in [-0.39, 0.29) is 6.04 Å². The number of hydrogen-bond acceptors (Lipinski definition) is 3. The van der Waals surface area contributed by atoms with Gasteiger partial charge in [0.1, 0.15) is 6.04 Å². The zero-order valence-corrected chi connectivity index (χ0v) is 11.8. The van der Waals surface area contributed by atoms with Crippen LogP contribution in [0.4, 0.5) is 4.79 Å². The molecular weight excluding hydrogens is 262 g/mol. The van der Waals surface area contributed by atoms with E-state index in [1.54, 1.807) is 4.90 Å². The van der Waals surface area contributed by atoms with E-state index in [0.29, 0.717) is 6.54 Å². The van der Waals surface area contributed by atoms with Gasteiger partial charge in [-0.1, -0.05) is 13.3 Å². The lowest BCUT2D eigenvalue weighted by molar-refractivity contribution is -0.141. The summed E-state index contributed by atoms with van der Waals surface area (Å²) in [5, 5.41) is 11.4. The molecule has 0 aliphatic carbocycles. The van der Waals surface area contributed by atoms with Crippen LogP contribution in [0.3, 0.4) is 0 Å². The summed E-state index contributed by atoms with van der Waals surface area (Å²) in [6.45, 7) is 2.68. The van der Waals surface area contributed by atoms with E-state index in [2.05, 4.69) is 12.2 Å². The van der Waals surface area contributed by atoms with Crippen LogP contribution in [0.5, 0.6) is 0 Å². The second kappa shape index (κ2) is 7.72. The predicted molar refractivity (Wildman–Crippen MR) is 73.0 cm³/mol. The molecule has 0 spiro atoms. The summed E-state index contributed by atoms with van der Waals surface area (Å²) in [6, 6.07) is -1.53. The van der Waals surface area contributed by atoms with E-state index in [4.69, 9.17) is 10.8 Å². The SMILES string of the molecule is CCCC1CCCCN1C(=O)N[C@H](CC(N)=O)C(=O)O. The zero-order valence-electron chi connectivity index (χ0n) is 11.8. The largest absolute Gasteiger partial charge is 0.480 e. The fraction of sp³-hybridized carbons (Fsp3) is 0.769. The molecule has 0 aromatic rings. The van der Waals surface area contributed by atoms with Gasteiger partial charge in [-0.15, -0.1) is 0 Å². The number of carbonyl (C=O) groups excluding carboxylic acids is 2. The normalized spacial score (nSPS) is 20.2. The number of nitrogens with two attached hydrogens (primary N) is 1. The Kier molecular flexibility index (Phi) is 6.27. The maximum atomic E-state index is 12.2. The van der Waals surface area contributed by atoms with Gasteiger partial charge in [0.05, 0.1) is 6.42 Å². The summed E-state index contributed by atoms with van der Waals surface area (Å²) < 4.78 is 0. The molecule has 7 heteroatoms. The number of piperidine rings is 1. The number of aliphatic carboxylic acids is 1. The highest BCUT2D eigenvalue weighted by Gasteiger charge is 2.29. The van der Waals surface area contributed by atoms with Crippen molar-refractivity contribution < 1.29 is 19.5 Å². The number of amides is 3. The molecule has 1 heterocycles. The van der Waals surface area contributed by atoms with Crippen molar-refractivity contribution in [2.45, 2.75) is 57.5 Å². The van der Waals surface area contributed by atoms with Gasteiger partial charge in [0.25, 0.3) is 0 Å². The maximum absolute atomic E-state index is 12.2. The zero-order chi connectivity index (χ0) is 15.1. The first-order valence-electron chi connectivity index (χ1n) is 7.04. The number of carboxylic acids is 1. The first kappa shape index (κ1) is 16.3. The molecule has 0 bridgehead atoms. The van der Waals surface area contributed by atoms with Crippen LogP contribution in [-0.2, 0) is 9.59 Å². The molecular formula is C13H23N3O4. The van der Waals surface area contributed by atoms with Gasteiger partial charge in [0.2, 0.25) is 5.91 Å². The Hall–Kier alpha value is -1.79. The summed E-state index contributed by atoms with van der Waals surface area (Å²) in [5.41, 5.74) is 4.99. The number of likely N-dealkylation sites (tertiary alicyclic amines) is 1. The van der Waals surface area contributed by atoms with Gasteiger partial charge >= 0.3 is 12.0 Å². The van der Waals surface area contributed by atoms with Crippen LogP contribution in [0.1, 0.15) is 45.4 Å². The van der Waals surface area contributed by atoms with Crippen LogP contribution in [0, 0.1) is 0 Å². The third-order valence-electron chi connectivity index (χ3n) is 3.51. The topological polar surface area (TPSA) is 113 Å². The molecule has 1 fully saturated rings. The second-order valence-corrected chi connectivity index (χ2v) is 5.14. The third-order valence-corrected chi connectivity index (χ3v) is 3.51. The Morgan fingerprint density at radius 3 is 2.65 bits per heavy atom. The quantitative estimate of drug-likeness (QED) is 0.666. The van der Waals surface area contributed by atoms with Crippen molar-refractivity contribution in [3.63, 3.8) is 0 Å². The number of urea groups is 1. The molecule has 4 N–H and O–H groups in total. The van der Waals surface area contributed by atoms with E-state index in [1.165, 1.54) is 0 Å². The van der Waals surface area contributed by atoms with Gasteiger partial charge in [-0.25, -0.2) is 9.59 Å². The van der Waals surface area contributed by atoms with Crippen molar-refractivity contribution in [3.05, 3.63) is 0 Å². The van der Waals surface area contributed by atoms with Gasteiger partial charge in [-0.2, -0.15) is 0 Å². The highest BCUT2D eigenvalue weighted by Crippen LogP contribution is 2.20. The van der Waals surface area contributed by atoms with Crippen LogP contribution in [0.25, 0.3) is 0 Å². The van der Waals surface area contributed by atoms with Crippen molar-refractivity contribution in [1.29, 1.82) is 0 Å².